The van der Waals surface area contributed by atoms with Gasteiger partial charge in [0.05, 0.1) is 18.3 Å². The molecule has 1 saturated carbocycles. The molecule has 4 nitrogen and oxygen atoms in total. The summed E-state index contributed by atoms with van der Waals surface area (Å²) in [7, 11) is 0. The van der Waals surface area contributed by atoms with Crippen molar-refractivity contribution in [3.63, 3.8) is 0 Å². The minimum atomic E-state index is -0.518. The fourth-order valence-electron chi connectivity index (χ4n) is 2.71. The van der Waals surface area contributed by atoms with Crippen LogP contribution in [0.25, 0.3) is 0 Å². The Morgan fingerprint density at radius 3 is 2.81 bits per heavy atom. The first kappa shape index (κ1) is 11.8. The van der Waals surface area contributed by atoms with Crippen molar-refractivity contribution in [3.05, 3.63) is 0 Å². The van der Waals surface area contributed by atoms with Crippen molar-refractivity contribution in [2.45, 2.75) is 43.8 Å². The van der Waals surface area contributed by atoms with Crippen molar-refractivity contribution in [3.8, 4) is 6.07 Å². The average molecular weight is 224 g/mol. The van der Waals surface area contributed by atoms with Crippen molar-refractivity contribution in [2.24, 2.45) is 0 Å². The number of hydrogen-bond acceptors (Lipinski definition) is 4. The quantitative estimate of drug-likeness (QED) is 0.757. The van der Waals surface area contributed by atoms with Gasteiger partial charge in [-0.2, -0.15) is 5.26 Å². The molecule has 90 valence electrons. The number of ether oxygens (including phenoxy) is 1. The molecule has 1 heterocycles. The standard InChI is InChI=1S/C12H20N2O2/c13-8-11-9-14(6-7-16-11)10-12(15)4-2-1-3-5-12/h11,15H,1-7,9-10H2. The third kappa shape index (κ3) is 2.94. The number of nitrogens with zero attached hydrogens (tertiary/aromatic N) is 2. The number of β-amino-alcohol motifs (C(OH)–C–C–N with tert-alkyl or cyclic N) is 1. The lowest BCUT2D eigenvalue weighted by Gasteiger charge is -2.39. The third-order valence-corrected chi connectivity index (χ3v) is 3.60. The molecule has 1 atom stereocenters. The molecule has 0 spiro atoms. The molecule has 2 fully saturated rings. The second-order valence-electron chi connectivity index (χ2n) is 5.01. The van der Waals surface area contributed by atoms with Crippen molar-refractivity contribution in [2.75, 3.05) is 26.2 Å². The summed E-state index contributed by atoms with van der Waals surface area (Å²) in [6.07, 6.45) is 4.99. The van der Waals surface area contributed by atoms with Crippen molar-refractivity contribution in [1.82, 2.24) is 4.90 Å². The van der Waals surface area contributed by atoms with Crippen LogP contribution >= 0.6 is 0 Å². The molecule has 0 aromatic heterocycles. The molecule has 2 aliphatic rings. The van der Waals surface area contributed by atoms with E-state index >= 15 is 0 Å². The maximum Gasteiger partial charge on any atom is 0.156 e. The molecule has 4 heteroatoms. The van der Waals surface area contributed by atoms with Gasteiger partial charge in [0.2, 0.25) is 0 Å². The fraction of sp³-hybridized carbons (Fsp3) is 0.917. The van der Waals surface area contributed by atoms with Crippen LogP contribution in [0.15, 0.2) is 0 Å². The molecule has 0 amide bonds. The smallest absolute Gasteiger partial charge is 0.156 e. The molecular weight excluding hydrogens is 204 g/mol. The summed E-state index contributed by atoms with van der Waals surface area (Å²) in [5.41, 5.74) is -0.518. The first-order valence-electron chi connectivity index (χ1n) is 6.18. The zero-order valence-corrected chi connectivity index (χ0v) is 9.69. The Kier molecular flexibility index (Phi) is 3.80. The first-order chi connectivity index (χ1) is 7.72. The van der Waals surface area contributed by atoms with E-state index in [9.17, 15) is 5.11 Å². The zero-order valence-electron chi connectivity index (χ0n) is 9.69. The normalized spacial score (nSPS) is 30.9. The summed E-state index contributed by atoms with van der Waals surface area (Å²) in [5, 5.41) is 19.2. The predicted octanol–water partition coefficient (Wildman–Crippen LogP) is 0.906. The van der Waals surface area contributed by atoms with E-state index in [-0.39, 0.29) is 6.10 Å². The van der Waals surface area contributed by atoms with Gasteiger partial charge in [-0.3, -0.25) is 4.90 Å². The van der Waals surface area contributed by atoms with Crippen LogP contribution in [0.2, 0.25) is 0 Å². The summed E-state index contributed by atoms with van der Waals surface area (Å²) in [4.78, 5) is 2.17. The van der Waals surface area contributed by atoms with E-state index in [0.717, 1.165) is 32.2 Å². The lowest BCUT2D eigenvalue weighted by Crippen LogP contribution is -2.50. The van der Waals surface area contributed by atoms with Crippen LogP contribution in [0.4, 0.5) is 0 Å². The van der Waals surface area contributed by atoms with E-state index in [4.69, 9.17) is 10.00 Å². The second kappa shape index (κ2) is 5.13. The van der Waals surface area contributed by atoms with Crippen LogP contribution < -0.4 is 0 Å². The number of rotatable bonds is 2. The SMILES string of the molecule is N#CC1CN(CC2(O)CCCCC2)CCO1. The third-order valence-electron chi connectivity index (χ3n) is 3.60. The van der Waals surface area contributed by atoms with Crippen LogP contribution in [0, 0.1) is 11.3 Å². The maximum atomic E-state index is 10.4. The molecule has 0 aromatic rings. The van der Waals surface area contributed by atoms with Crippen molar-refractivity contribution >= 4 is 0 Å². The molecular formula is C12H20N2O2. The number of nitriles is 1. The summed E-state index contributed by atoms with van der Waals surface area (Å²) in [6, 6.07) is 2.14. The molecule has 0 bridgehead atoms. The summed E-state index contributed by atoms with van der Waals surface area (Å²) >= 11 is 0. The van der Waals surface area contributed by atoms with Crippen molar-refractivity contribution < 1.29 is 9.84 Å². The Labute approximate surface area is 96.8 Å². The lowest BCUT2D eigenvalue weighted by molar-refractivity contribution is -0.0628. The van der Waals surface area contributed by atoms with Gasteiger partial charge >= 0.3 is 0 Å². The largest absolute Gasteiger partial charge is 0.389 e. The second-order valence-corrected chi connectivity index (χ2v) is 5.01. The number of aliphatic hydroxyl groups is 1. The fourth-order valence-corrected chi connectivity index (χ4v) is 2.71. The van der Waals surface area contributed by atoms with Gasteiger partial charge in [0, 0.05) is 19.6 Å². The zero-order chi connectivity index (χ0) is 11.4. The first-order valence-corrected chi connectivity index (χ1v) is 6.18. The van der Waals surface area contributed by atoms with Crippen LogP contribution in [-0.2, 0) is 4.74 Å². The molecule has 1 aliphatic heterocycles. The van der Waals surface area contributed by atoms with Gasteiger partial charge in [-0.1, -0.05) is 19.3 Å². The Morgan fingerprint density at radius 1 is 1.38 bits per heavy atom. The minimum absolute atomic E-state index is 0.319. The molecule has 1 N–H and O–H groups in total. The topological polar surface area (TPSA) is 56.5 Å². The highest BCUT2D eigenvalue weighted by atomic mass is 16.5. The lowest BCUT2D eigenvalue weighted by atomic mass is 9.84. The molecule has 1 saturated heterocycles. The van der Waals surface area contributed by atoms with E-state index in [0.29, 0.717) is 19.7 Å². The van der Waals surface area contributed by atoms with Crippen LogP contribution in [0.1, 0.15) is 32.1 Å². The predicted molar refractivity (Wildman–Crippen MR) is 59.8 cm³/mol. The van der Waals surface area contributed by atoms with Gasteiger partial charge in [0.15, 0.2) is 6.10 Å². The summed E-state index contributed by atoms with van der Waals surface area (Å²) in [5.74, 6) is 0. The summed E-state index contributed by atoms with van der Waals surface area (Å²) in [6.45, 7) is 2.78. The van der Waals surface area contributed by atoms with E-state index in [1.54, 1.807) is 0 Å². The number of morpholine rings is 1. The van der Waals surface area contributed by atoms with E-state index in [1.807, 2.05) is 0 Å². The van der Waals surface area contributed by atoms with E-state index < -0.39 is 5.60 Å². The van der Waals surface area contributed by atoms with E-state index in [1.165, 1.54) is 6.42 Å². The van der Waals surface area contributed by atoms with Gasteiger partial charge < -0.3 is 9.84 Å². The Bertz CT molecular complexity index is 269. The Hall–Kier alpha value is -0.630. The van der Waals surface area contributed by atoms with Crippen LogP contribution in [0.3, 0.4) is 0 Å². The average Bonchev–Trinajstić information content (AvgIpc) is 2.29. The monoisotopic (exact) mass is 224 g/mol. The molecule has 16 heavy (non-hydrogen) atoms. The van der Waals surface area contributed by atoms with Gasteiger partial charge in [-0.05, 0) is 12.8 Å². The molecule has 0 aromatic carbocycles. The van der Waals surface area contributed by atoms with Crippen molar-refractivity contribution in [1.29, 1.82) is 5.26 Å². The molecule has 1 unspecified atom stereocenters. The van der Waals surface area contributed by atoms with Gasteiger partial charge in [0.25, 0.3) is 0 Å². The highest BCUT2D eigenvalue weighted by Gasteiger charge is 2.33. The van der Waals surface area contributed by atoms with Gasteiger partial charge in [-0.15, -0.1) is 0 Å². The summed E-state index contributed by atoms with van der Waals surface area (Å²) < 4.78 is 5.30. The molecule has 1 aliphatic carbocycles. The van der Waals surface area contributed by atoms with E-state index in [2.05, 4.69) is 11.0 Å². The number of hydrogen-bond donors (Lipinski definition) is 1. The maximum absolute atomic E-state index is 10.4. The van der Waals surface area contributed by atoms with Crippen LogP contribution in [-0.4, -0.2) is 48.0 Å². The Morgan fingerprint density at radius 2 is 2.12 bits per heavy atom. The van der Waals surface area contributed by atoms with Gasteiger partial charge in [-0.25, -0.2) is 0 Å². The molecule has 0 radical (unpaired) electrons. The Balaban J connectivity index is 1.86. The molecule has 2 rings (SSSR count). The highest BCUT2D eigenvalue weighted by Crippen LogP contribution is 2.29. The minimum Gasteiger partial charge on any atom is -0.389 e. The van der Waals surface area contributed by atoms with Crippen LogP contribution in [0.5, 0.6) is 0 Å². The highest BCUT2D eigenvalue weighted by molar-refractivity contribution is 4.92. The van der Waals surface area contributed by atoms with Gasteiger partial charge in [0.1, 0.15) is 0 Å².